The second-order valence-electron chi connectivity index (χ2n) is 4.71. The molecule has 0 bridgehead atoms. The number of carbonyl (C=O) groups excluding carboxylic acids is 1. The number of carboxylic acid groups (broad SMARTS) is 1. The second kappa shape index (κ2) is 6.13. The molecule has 0 aliphatic heterocycles. The number of hydrogen-bond acceptors (Lipinski definition) is 3. The van der Waals surface area contributed by atoms with Crippen molar-refractivity contribution < 1.29 is 27.9 Å². The van der Waals surface area contributed by atoms with Gasteiger partial charge in [0.2, 0.25) is 5.91 Å². The van der Waals surface area contributed by atoms with Crippen LogP contribution in [0.4, 0.5) is 13.2 Å². The summed E-state index contributed by atoms with van der Waals surface area (Å²) >= 11 is 0. The first kappa shape index (κ1) is 17.0. The van der Waals surface area contributed by atoms with Crippen molar-refractivity contribution in [1.82, 2.24) is 5.32 Å². The monoisotopic (exact) mass is 304 g/mol. The van der Waals surface area contributed by atoms with E-state index in [0.717, 1.165) is 0 Å². The van der Waals surface area contributed by atoms with Gasteiger partial charge in [0.1, 0.15) is 0 Å². The minimum atomic E-state index is -4.85. The number of rotatable bonds is 5. The molecule has 0 aromatic heterocycles. The molecule has 8 heteroatoms. The maximum Gasteiger partial charge on any atom is 0.415 e. The molecule has 1 aromatic carbocycles. The van der Waals surface area contributed by atoms with Crippen molar-refractivity contribution in [3.8, 4) is 0 Å². The number of carbonyl (C=O) groups is 2. The molecular weight excluding hydrogens is 289 g/mol. The lowest BCUT2D eigenvalue weighted by Gasteiger charge is -2.26. The molecule has 0 aliphatic carbocycles. The van der Waals surface area contributed by atoms with Crippen molar-refractivity contribution in [3.05, 3.63) is 35.4 Å². The third kappa shape index (κ3) is 4.19. The van der Waals surface area contributed by atoms with Crippen LogP contribution in [0.5, 0.6) is 0 Å². The third-order valence-corrected chi connectivity index (χ3v) is 2.93. The third-order valence-electron chi connectivity index (χ3n) is 2.93. The summed E-state index contributed by atoms with van der Waals surface area (Å²) in [7, 11) is 0. The lowest BCUT2D eigenvalue weighted by Crippen LogP contribution is -2.61. The van der Waals surface area contributed by atoms with Crippen LogP contribution in [0.1, 0.15) is 22.8 Å². The molecule has 0 aliphatic rings. The number of aromatic carboxylic acids is 1. The number of amides is 1. The molecule has 1 atom stereocenters. The van der Waals surface area contributed by atoms with E-state index >= 15 is 0 Å². The van der Waals surface area contributed by atoms with Crippen LogP contribution in [-0.2, 0) is 11.2 Å². The molecule has 5 nitrogen and oxygen atoms in total. The zero-order valence-electron chi connectivity index (χ0n) is 11.2. The van der Waals surface area contributed by atoms with Gasteiger partial charge in [-0.3, -0.25) is 4.79 Å². The van der Waals surface area contributed by atoms with Gasteiger partial charge in [-0.2, -0.15) is 13.2 Å². The summed E-state index contributed by atoms with van der Waals surface area (Å²) in [6.45, 7) is 0.512. The Labute approximate surface area is 118 Å². The zero-order chi connectivity index (χ0) is 16.3. The predicted molar refractivity (Wildman–Crippen MR) is 68.8 cm³/mol. The van der Waals surface area contributed by atoms with E-state index in [4.69, 9.17) is 10.8 Å². The number of hydrogen-bond donors (Lipinski definition) is 3. The Morgan fingerprint density at radius 1 is 1.33 bits per heavy atom. The SMILES string of the molecule is CC(N)(C(=O)NCCc1cccc(C(=O)O)c1)C(F)(F)F. The van der Waals surface area contributed by atoms with Crippen LogP contribution in [0, 0.1) is 0 Å². The Kier molecular flexibility index (Phi) is 4.95. The predicted octanol–water partition coefficient (Wildman–Crippen LogP) is 1.32. The molecule has 1 unspecified atom stereocenters. The van der Waals surface area contributed by atoms with Crippen molar-refractivity contribution in [2.75, 3.05) is 6.54 Å². The van der Waals surface area contributed by atoms with Gasteiger partial charge in [0.25, 0.3) is 0 Å². The first-order chi connectivity index (χ1) is 9.55. The standard InChI is InChI=1S/C13H15F3N2O3/c1-12(17,13(14,15)16)11(21)18-6-5-8-3-2-4-9(7-8)10(19)20/h2-4,7H,5-6,17H2,1H3,(H,18,21)(H,19,20). The first-order valence-electron chi connectivity index (χ1n) is 6.02. The Balaban J connectivity index is 2.60. The molecule has 0 fully saturated rings. The van der Waals surface area contributed by atoms with Gasteiger partial charge < -0.3 is 16.2 Å². The second-order valence-corrected chi connectivity index (χ2v) is 4.71. The van der Waals surface area contributed by atoms with Gasteiger partial charge in [0.15, 0.2) is 5.54 Å². The highest BCUT2D eigenvalue weighted by atomic mass is 19.4. The summed E-state index contributed by atoms with van der Waals surface area (Å²) in [5.41, 5.74) is 2.66. The van der Waals surface area contributed by atoms with Crippen LogP contribution < -0.4 is 11.1 Å². The van der Waals surface area contributed by atoms with Crippen molar-refractivity contribution in [3.63, 3.8) is 0 Å². The van der Waals surface area contributed by atoms with Crippen LogP contribution in [-0.4, -0.2) is 35.2 Å². The molecule has 0 saturated carbocycles. The van der Waals surface area contributed by atoms with Crippen molar-refractivity contribution >= 4 is 11.9 Å². The summed E-state index contributed by atoms with van der Waals surface area (Å²) in [4.78, 5) is 22.2. The van der Waals surface area contributed by atoms with E-state index in [0.29, 0.717) is 12.5 Å². The average Bonchev–Trinajstić information content (AvgIpc) is 2.37. The topological polar surface area (TPSA) is 92.4 Å². The van der Waals surface area contributed by atoms with Gasteiger partial charge in [-0.25, -0.2) is 4.79 Å². The largest absolute Gasteiger partial charge is 0.478 e. The van der Waals surface area contributed by atoms with Gasteiger partial charge in [-0.1, -0.05) is 12.1 Å². The molecule has 0 heterocycles. The fourth-order valence-electron chi connectivity index (χ4n) is 1.49. The molecule has 0 saturated heterocycles. The molecule has 21 heavy (non-hydrogen) atoms. The van der Waals surface area contributed by atoms with Crippen LogP contribution in [0.3, 0.4) is 0 Å². The molecule has 0 radical (unpaired) electrons. The van der Waals surface area contributed by atoms with Gasteiger partial charge >= 0.3 is 12.1 Å². The Morgan fingerprint density at radius 3 is 2.48 bits per heavy atom. The summed E-state index contributed by atoms with van der Waals surface area (Å²) in [5.74, 6) is -2.43. The molecule has 1 rings (SSSR count). The van der Waals surface area contributed by atoms with Crippen molar-refractivity contribution in [2.45, 2.75) is 25.1 Å². The number of nitrogens with two attached hydrogens (primary N) is 1. The quantitative estimate of drug-likeness (QED) is 0.765. The summed E-state index contributed by atoms with van der Waals surface area (Å²) in [6, 6.07) is 5.91. The zero-order valence-corrected chi connectivity index (χ0v) is 11.2. The van der Waals surface area contributed by atoms with Crippen LogP contribution in [0.25, 0.3) is 0 Å². The molecule has 1 amide bonds. The Hall–Kier alpha value is -2.09. The normalized spacial score (nSPS) is 14.3. The van der Waals surface area contributed by atoms with Crippen LogP contribution >= 0.6 is 0 Å². The average molecular weight is 304 g/mol. The van der Waals surface area contributed by atoms with E-state index < -0.39 is 23.6 Å². The van der Waals surface area contributed by atoms with Gasteiger partial charge in [-0.05, 0) is 31.0 Å². The highest BCUT2D eigenvalue weighted by molar-refractivity contribution is 5.88. The Bertz CT molecular complexity index is 542. The van der Waals surface area contributed by atoms with Gasteiger partial charge in [0.05, 0.1) is 5.56 Å². The summed E-state index contributed by atoms with van der Waals surface area (Å²) < 4.78 is 37.6. The maximum atomic E-state index is 12.5. The van der Waals surface area contributed by atoms with E-state index in [1.54, 1.807) is 6.07 Å². The van der Waals surface area contributed by atoms with Gasteiger partial charge in [0, 0.05) is 6.54 Å². The van der Waals surface area contributed by atoms with Crippen LogP contribution in [0.15, 0.2) is 24.3 Å². The highest BCUT2D eigenvalue weighted by Crippen LogP contribution is 2.27. The van der Waals surface area contributed by atoms with Crippen molar-refractivity contribution in [1.29, 1.82) is 0 Å². The summed E-state index contributed by atoms with van der Waals surface area (Å²) in [6.07, 6.45) is -4.65. The minimum Gasteiger partial charge on any atom is -0.478 e. The van der Waals surface area contributed by atoms with Gasteiger partial charge in [-0.15, -0.1) is 0 Å². The van der Waals surface area contributed by atoms with E-state index in [9.17, 15) is 22.8 Å². The summed E-state index contributed by atoms with van der Waals surface area (Å²) in [5, 5.41) is 10.9. The number of halogens is 3. The lowest BCUT2D eigenvalue weighted by atomic mass is 10.0. The Morgan fingerprint density at radius 2 is 1.95 bits per heavy atom. The van der Waals surface area contributed by atoms with E-state index in [1.165, 1.54) is 18.2 Å². The number of benzene rings is 1. The van der Waals surface area contributed by atoms with Crippen LogP contribution in [0.2, 0.25) is 0 Å². The highest BCUT2D eigenvalue weighted by Gasteiger charge is 2.53. The smallest absolute Gasteiger partial charge is 0.415 e. The number of carboxylic acids is 1. The number of alkyl halides is 3. The minimum absolute atomic E-state index is 0.0674. The van der Waals surface area contributed by atoms with E-state index in [1.807, 2.05) is 0 Å². The fraction of sp³-hybridized carbons (Fsp3) is 0.385. The molecular formula is C13H15F3N2O3. The number of nitrogens with one attached hydrogen (secondary N) is 1. The van der Waals surface area contributed by atoms with E-state index in [-0.39, 0.29) is 18.5 Å². The van der Waals surface area contributed by atoms with E-state index in [2.05, 4.69) is 5.32 Å². The molecule has 1 aromatic rings. The molecule has 4 N–H and O–H groups in total. The van der Waals surface area contributed by atoms with Crippen molar-refractivity contribution in [2.24, 2.45) is 5.73 Å². The molecule has 0 spiro atoms. The lowest BCUT2D eigenvalue weighted by molar-refractivity contribution is -0.187. The first-order valence-corrected chi connectivity index (χ1v) is 6.02. The maximum absolute atomic E-state index is 12.5. The fourth-order valence-corrected chi connectivity index (χ4v) is 1.49. The molecule has 116 valence electrons.